The van der Waals surface area contributed by atoms with Crippen molar-refractivity contribution in [2.45, 2.75) is 20.4 Å². The third-order valence-electron chi connectivity index (χ3n) is 5.00. The molecule has 0 saturated heterocycles. The van der Waals surface area contributed by atoms with E-state index in [0.717, 1.165) is 48.0 Å². The van der Waals surface area contributed by atoms with Crippen LogP contribution in [0.15, 0.2) is 35.5 Å². The number of pyridine rings is 1. The second-order valence-corrected chi connectivity index (χ2v) is 6.91. The van der Waals surface area contributed by atoms with Gasteiger partial charge in [-0.15, -0.1) is 0 Å². The molecule has 0 unspecified atom stereocenters. The zero-order chi connectivity index (χ0) is 19.4. The maximum Gasteiger partial charge on any atom is 0.173 e. The summed E-state index contributed by atoms with van der Waals surface area (Å²) in [4.78, 5) is 12.3. The van der Waals surface area contributed by atoms with Crippen LogP contribution in [0.25, 0.3) is 21.8 Å². The molecule has 2 aromatic heterocycles. The molecule has 1 N–H and O–H groups in total. The van der Waals surface area contributed by atoms with Gasteiger partial charge in [0, 0.05) is 36.6 Å². The van der Waals surface area contributed by atoms with Gasteiger partial charge in [-0.05, 0) is 19.9 Å². The summed E-state index contributed by atoms with van der Waals surface area (Å²) < 4.78 is 2.27. The number of para-hydroxylation sites is 1. The second-order valence-electron chi connectivity index (χ2n) is 6.91. The van der Waals surface area contributed by atoms with E-state index in [1.54, 1.807) is 11.2 Å². The van der Waals surface area contributed by atoms with Crippen molar-refractivity contribution in [3.05, 3.63) is 36.0 Å². The zero-order valence-corrected chi connectivity index (χ0v) is 16.5. The van der Waals surface area contributed by atoms with Crippen LogP contribution in [0.1, 0.15) is 19.4 Å². The maximum atomic E-state index is 9.90. The summed E-state index contributed by atoms with van der Waals surface area (Å²) in [6, 6.07) is 10.7. The second kappa shape index (κ2) is 8.19. The van der Waals surface area contributed by atoms with E-state index in [2.05, 4.69) is 46.6 Å². The highest BCUT2D eigenvalue weighted by atomic mass is 15.1. The average molecular weight is 363 g/mol. The van der Waals surface area contributed by atoms with E-state index in [9.17, 15) is 5.26 Å². The minimum absolute atomic E-state index is 0.470. The van der Waals surface area contributed by atoms with Gasteiger partial charge >= 0.3 is 0 Å². The SMILES string of the molecule is CC[NH+](CC)CCn1c2ccccc2c2cnc(N=CN(C)C)c(C#N)c21. The van der Waals surface area contributed by atoms with Crippen LogP contribution in [0.3, 0.4) is 0 Å². The van der Waals surface area contributed by atoms with Crippen LogP contribution >= 0.6 is 0 Å². The maximum absolute atomic E-state index is 9.90. The molecule has 0 fully saturated rings. The van der Waals surface area contributed by atoms with E-state index in [4.69, 9.17) is 0 Å². The van der Waals surface area contributed by atoms with Crippen molar-refractivity contribution in [1.82, 2.24) is 14.5 Å². The molecule has 0 atom stereocenters. The minimum atomic E-state index is 0.470. The Morgan fingerprint density at radius 3 is 2.63 bits per heavy atom. The number of hydrogen-bond acceptors (Lipinski definition) is 3. The smallest absolute Gasteiger partial charge is 0.173 e. The number of hydrogen-bond donors (Lipinski definition) is 1. The molecule has 0 aliphatic rings. The summed E-state index contributed by atoms with van der Waals surface area (Å²) in [5.41, 5.74) is 2.62. The van der Waals surface area contributed by atoms with Crippen molar-refractivity contribution in [2.75, 3.05) is 33.7 Å². The molecular weight excluding hydrogens is 336 g/mol. The predicted molar refractivity (Wildman–Crippen MR) is 111 cm³/mol. The molecule has 0 radical (unpaired) electrons. The van der Waals surface area contributed by atoms with Crippen molar-refractivity contribution in [1.29, 1.82) is 5.26 Å². The molecular formula is C21H27N6+. The monoisotopic (exact) mass is 363 g/mol. The molecule has 0 bridgehead atoms. The lowest BCUT2D eigenvalue weighted by molar-refractivity contribution is -0.897. The van der Waals surface area contributed by atoms with E-state index in [1.807, 2.05) is 37.3 Å². The Kier molecular flexibility index (Phi) is 5.72. The van der Waals surface area contributed by atoms with Gasteiger partial charge in [-0.25, -0.2) is 9.98 Å². The first-order valence-electron chi connectivity index (χ1n) is 9.44. The largest absolute Gasteiger partial charge is 0.369 e. The molecule has 2 heterocycles. The topological polar surface area (TPSA) is 61.7 Å². The lowest BCUT2D eigenvalue weighted by Gasteiger charge is -2.17. The highest BCUT2D eigenvalue weighted by Gasteiger charge is 2.18. The van der Waals surface area contributed by atoms with Crippen LogP contribution in [0.4, 0.5) is 5.82 Å². The lowest BCUT2D eigenvalue weighted by Crippen LogP contribution is -3.11. The summed E-state index contributed by atoms with van der Waals surface area (Å²) >= 11 is 0. The molecule has 1 aromatic carbocycles. The first kappa shape index (κ1) is 18.9. The zero-order valence-electron chi connectivity index (χ0n) is 16.5. The molecule has 0 spiro atoms. The highest BCUT2D eigenvalue weighted by Crippen LogP contribution is 2.33. The first-order valence-corrected chi connectivity index (χ1v) is 9.44. The Labute approximate surface area is 160 Å². The number of fused-ring (bicyclic) bond motifs is 3. The highest BCUT2D eigenvalue weighted by molar-refractivity contribution is 6.10. The van der Waals surface area contributed by atoms with E-state index in [0.29, 0.717) is 11.4 Å². The molecule has 27 heavy (non-hydrogen) atoms. The third-order valence-corrected chi connectivity index (χ3v) is 5.00. The number of quaternary nitrogens is 1. The lowest BCUT2D eigenvalue weighted by atomic mass is 10.1. The van der Waals surface area contributed by atoms with Crippen molar-refractivity contribution < 1.29 is 4.90 Å². The van der Waals surface area contributed by atoms with Gasteiger partial charge in [0.25, 0.3) is 0 Å². The Hall–Kier alpha value is -2.91. The van der Waals surface area contributed by atoms with Gasteiger partial charge in [0.2, 0.25) is 0 Å². The van der Waals surface area contributed by atoms with Crippen LogP contribution in [0.2, 0.25) is 0 Å². The number of nitrogens with zero attached hydrogens (tertiary/aromatic N) is 5. The molecule has 0 aliphatic carbocycles. The Bertz CT molecular complexity index is 1000. The summed E-state index contributed by atoms with van der Waals surface area (Å²) in [6.07, 6.45) is 3.53. The number of likely N-dealkylation sites (N-methyl/N-ethyl adjacent to an activating group) is 1. The molecule has 3 rings (SSSR count). The van der Waals surface area contributed by atoms with Crippen LogP contribution in [0.5, 0.6) is 0 Å². The van der Waals surface area contributed by atoms with Gasteiger partial charge in [0.15, 0.2) is 5.82 Å². The number of nitriles is 1. The Morgan fingerprint density at radius 2 is 1.96 bits per heavy atom. The molecule has 0 amide bonds. The van der Waals surface area contributed by atoms with Crippen LogP contribution in [-0.2, 0) is 6.54 Å². The van der Waals surface area contributed by atoms with Crippen LogP contribution in [0, 0.1) is 11.3 Å². The fourth-order valence-corrected chi connectivity index (χ4v) is 3.50. The molecule has 0 aliphatic heterocycles. The van der Waals surface area contributed by atoms with Crippen molar-refractivity contribution in [3.8, 4) is 6.07 Å². The van der Waals surface area contributed by atoms with Crippen molar-refractivity contribution >= 4 is 34.0 Å². The normalized spacial score (nSPS) is 11.7. The average Bonchev–Trinajstić information content (AvgIpc) is 3.00. The van der Waals surface area contributed by atoms with E-state index in [-0.39, 0.29) is 0 Å². The van der Waals surface area contributed by atoms with Crippen LogP contribution in [-0.4, -0.2) is 54.5 Å². The van der Waals surface area contributed by atoms with Gasteiger partial charge in [0.05, 0.1) is 38.0 Å². The number of benzene rings is 1. The van der Waals surface area contributed by atoms with Gasteiger partial charge in [-0.2, -0.15) is 5.26 Å². The molecule has 6 heteroatoms. The summed E-state index contributed by atoms with van der Waals surface area (Å²) in [6.45, 7) is 8.49. The van der Waals surface area contributed by atoms with Gasteiger partial charge in [-0.1, -0.05) is 18.2 Å². The molecule has 6 nitrogen and oxygen atoms in total. The van der Waals surface area contributed by atoms with Gasteiger partial charge in [0.1, 0.15) is 11.6 Å². The molecule has 3 aromatic rings. The predicted octanol–water partition coefficient (Wildman–Crippen LogP) is 2.21. The summed E-state index contributed by atoms with van der Waals surface area (Å²) in [5.74, 6) is 0.470. The number of aromatic nitrogens is 2. The van der Waals surface area contributed by atoms with Crippen molar-refractivity contribution in [3.63, 3.8) is 0 Å². The van der Waals surface area contributed by atoms with Crippen LogP contribution < -0.4 is 4.90 Å². The van der Waals surface area contributed by atoms with Gasteiger partial charge < -0.3 is 14.4 Å². The fourth-order valence-electron chi connectivity index (χ4n) is 3.50. The Morgan fingerprint density at radius 1 is 1.22 bits per heavy atom. The molecule has 140 valence electrons. The fraction of sp³-hybridized carbons (Fsp3) is 0.381. The summed E-state index contributed by atoms with van der Waals surface area (Å²) in [7, 11) is 3.80. The van der Waals surface area contributed by atoms with E-state index >= 15 is 0 Å². The van der Waals surface area contributed by atoms with Gasteiger partial charge in [-0.3, -0.25) is 0 Å². The third kappa shape index (κ3) is 3.64. The number of aliphatic imine (C=N–C) groups is 1. The molecule has 0 saturated carbocycles. The standard InChI is InChI=1S/C21H26N6/c1-5-26(6-2)11-12-27-19-10-8-7-9-16(19)18-14-23-21(24-15-25(3)4)17(13-22)20(18)27/h7-10,14-15H,5-6,11-12H2,1-4H3/p+1. The quantitative estimate of drug-likeness (QED) is 0.517. The minimum Gasteiger partial charge on any atom is -0.369 e. The van der Waals surface area contributed by atoms with Crippen molar-refractivity contribution in [2.24, 2.45) is 4.99 Å². The van der Waals surface area contributed by atoms with E-state index < -0.39 is 0 Å². The summed E-state index contributed by atoms with van der Waals surface area (Å²) in [5, 5.41) is 12.1. The first-order chi connectivity index (χ1) is 13.1. The number of rotatable bonds is 7. The Balaban J connectivity index is 2.23. The number of nitrogens with one attached hydrogen (secondary N) is 1. The van der Waals surface area contributed by atoms with E-state index in [1.165, 1.54) is 0 Å².